The number of aromatic nitrogens is 2. The summed E-state index contributed by atoms with van der Waals surface area (Å²) in [6.07, 6.45) is -2.64. The number of nitrogens with zero attached hydrogens (tertiary/aromatic N) is 2. The summed E-state index contributed by atoms with van der Waals surface area (Å²) in [5.74, 6) is 0. The average molecular weight is 256 g/mol. The minimum Gasteiger partial charge on any atom is -0.382 e. The van der Waals surface area contributed by atoms with E-state index in [-0.39, 0.29) is 5.56 Å². The number of aliphatic hydroxyl groups excluding tert-OH is 1. The van der Waals surface area contributed by atoms with E-state index in [1.807, 2.05) is 0 Å². The summed E-state index contributed by atoms with van der Waals surface area (Å²) in [7, 11) is 1.67. The molecule has 1 N–H and O–H groups in total. The van der Waals surface area contributed by atoms with E-state index in [0.717, 1.165) is 12.1 Å². The molecule has 0 aliphatic rings. The molecule has 0 fully saturated rings. The lowest BCUT2D eigenvalue weighted by Crippen LogP contribution is -2.09. The fraction of sp³-hybridized carbons (Fsp3) is 0.250. The topological polar surface area (TPSA) is 38.0 Å². The van der Waals surface area contributed by atoms with Crippen molar-refractivity contribution >= 4 is 0 Å². The molecular formula is C12H11F3N2O. The number of hydrogen-bond donors (Lipinski definition) is 1. The highest BCUT2D eigenvalue weighted by Crippen LogP contribution is 2.31. The van der Waals surface area contributed by atoms with Gasteiger partial charge in [0.05, 0.1) is 23.8 Å². The third-order valence-corrected chi connectivity index (χ3v) is 2.66. The van der Waals surface area contributed by atoms with Gasteiger partial charge in [-0.3, -0.25) is 0 Å². The molecule has 6 heteroatoms. The maximum absolute atomic E-state index is 12.6. The molecule has 3 nitrogen and oxygen atoms in total. The standard InChI is InChI=1S/C12H11F3N2O/c1-17-7-16-6-10(17)11(18)8-3-2-4-9(5-8)12(13,14)15/h2-7,11,18H,1H3. The second-order valence-electron chi connectivity index (χ2n) is 3.96. The van der Waals surface area contributed by atoms with Crippen LogP contribution in [0.3, 0.4) is 0 Å². The van der Waals surface area contributed by atoms with Crippen molar-refractivity contribution in [1.82, 2.24) is 9.55 Å². The van der Waals surface area contributed by atoms with Crippen molar-refractivity contribution in [3.8, 4) is 0 Å². The zero-order valence-corrected chi connectivity index (χ0v) is 9.52. The minimum absolute atomic E-state index is 0.188. The van der Waals surface area contributed by atoms with E-state index < -0.39 is 17.8 Å². The second-order valence-corrected chi connectivity index (χ2v) is 3.96. The summed E-state index contributed by atoms with van der Waals surface area (Å²) in [5, 5.41) is 10.0. The van der Waals surface area contributed by atoms with Crippen LogP contribution in [0.1, 0.15) is 22.9 Å². The highest BCUT2D eigenvalue weighted by atomic mass is 19.4. The normalized spacial score (nSPS) is 13.6. The molecule has 1 atom stereocenters. The van der Waals surface area contributed by atoms with E-state index in [0.29, 0.717) is 5.69 Å². The van der Waals surface area contributed by atoms with Gasteiger partial charge in [0.1, 0.15) is 6.10 Å². The van der Waals surface area contributed by atoms with E-state index >= 15 is 0 Å². The van der Waals surface area contributed by atoms with Gasteiger partial charge in [0.2, 0.25) is 0 Å². The molecule has 2 aromatic rings. The van der Waals surface area contributed by atoms with Crippen LogP contribution in [0, 0.1) is 0 Å². The van der Waals surface area contributed by atoms with Crippen LogP contribution in [0.15, 0.2) is 36.8 Å². The molecule has 0 saturated carbocycles. The van der Waals surface area contributed by atoms with Crippen LogP contribution in [0.4, 0.5) is 13.2 Å². The Morgan fingerprint density at radius 1 is 1.33 bits per heavy atom. The molecule has 1 heterocycles. The van der Waals surface area contributed by atoms with Gasteiger partial charge in [0, 0.05) is 7.05 Å². The maximum Gasteiger partial charge on any atom is 0.416 e. The number of aryl methyl sites for hydroxylation is 1. The minimum atomic E-state index is -4.41. The molecule has 0 amide bonds. The zero-order chi connectivity index (χ0) is 13.3. The summed E-state index contributed by atoms with van der Waals surface area (Å²) in [5.41, 5.74) is -0.149. The van der Waals surface area contributed by atoms with Crippen LogP contribution in [-0.2, 0) is 13.2 Å². The third-order valence-electron chi connectivity index (χ3n) is 2.66. The molecule has 0 aliphatic carbocycles. The van der Waals surface area contributed by atoms with Crippen molar-refractivity contribution in [2.45, 2.75) is 12.3 Å². The van der Waals surface area contributed by atoms with Crippen LogP contribution in [-0.4, -0.2) is 14.7 Å². The summed E-state index contributed by atoms with van der Waals surface area (Å²) in [6, 6.07) is 4.64. The Bertz CT molecular complexity index is 548. The molecule has 18 heavy (non-hydrogen) atoms. The first-order valence-electron chi connectivity index (χ1n) is 5.21. The highest BCUT2D eigenvalue weighted by molar-refractivity contribution is 5.31. The number of benzene rings is 1. The molecule has 1 unspecified atom stereocenters. The van der Waals surface area contributed by atoms with Crippen LogP contribution in [0.5, 0.6) is 0 Å². The van der Waals surface area contributed by atoms with Gasteiger partial charge in [-0.1, -0.05) is 12.1 Å². The number of halogens is 3. The summed E-state index contributed by atoms with van der Waals surface area (Å²) >= 11 is 0. The molecular weight excluding hydrogens is 245 g/mol. The predicted octanol–water partition coefficient (Wildman–Crippen LogP) is 2.52. The Labute approximate surface area is 102 Å². The first-order chi connectivity index (χ1) is 8.39. The number of imidazole rings is 1. The second kappa shape index (κ2) is 4.45. The molecule has 96 valence electrons. The SMILES string of the molecule is Cn1cncc1C(O)c1cccc(C(F)(F)F)c1. The van der Waals surface area contributed by atoms with E-state index in [1.54, 1.807) is 11.6 Å². The quantitative estimate of drug-likeness (QED) is 0.896. The summed E-state index contributed by atoms with van der Waals surface area (Å²) in [6.45, 7) is 0. The van der Waals surface area contributed by atoms with E-state index in [9.17, 15) is 18.3 Å². The summed E-state index contributed by atoms with van der Waals surface area (Å²) in [4.78, 5) is 3.82. The lowest BCUT2D eigenvalue weighted by atomic mass is 10.0. The Balaban J connectivity index is 2.38. The number of rotatable bonds is 2. The third kappa shape index (κ3) is 2.38. The van der Waals surface area contributed by atoms with Crippen molar-refractivity contribution in [2.24, 2.45) is 7.05 Å². The Kier molecular flexibility index (Phi) is 3.13. The van der Waals surface area contributed by atoms with Gasteiger partial charge in [0.15, 0.2) is 0 Å². The van der Waals surface area contributed by atoms with Crippen molar-refractivity contribution in [3.05, 3.63) is 53.6 Å². The van der Waals surface area contributed by atoms with Gasteiger partial charge in [-0.15, -0.1) is 0 Å². The number of aliphatic hydroxyl groups is 1. The predicted molar refractivity (Wildman–Crippen MR) is 58.7 cm³/mol. The Morgan fingerprint density at radius 2 is 2.06 bits per heavy atom. The van der Waals surface area contributed by atoms with Crippen LogP contribution in [0.2, 0.25) is 0 Å². The molecule has 0 spiro atoms. The Hall–Kier alpha value is -1.82. The van der Waals surface area contributed by atoms with Gasteiger partial charge in [-0.2, -0.15) is 13.2 Å². The molecule has 0 aliphatic heterocycles. The average Bonchev–Trinajstić information content (AvgIpc) is 2.73. The fourth-order valence-corrected chi connectivity index (χ4v) is 1.69. The van der Waals surface area contributed by atoms with Crippen molar-refractivity contribution < 1.29 is 18.3 Å². The number of alkyl halides is 3. The highest BCUT2D eigenvalue weighted by Gasteiger charge is 2.31. The monoisotopic (exact) mass is 256 g/mol. The first kappa shape index (κ1) is 12.6. The maximum atomic E-state index is 12.6. The van der Waals surface area contributed by atoms with Crippen molar-refractivity contribution in [1.29, 1.82) is 0 Å². The molecule has 1 aromatic carbocycles. The fourth-order valence-electron chi connectivity index (χ4n) is 1.69. The Morgan fingerprint density at radius 3 is 2.61 bits per heavy atom. The van der Waals surface area contributed by atoms with E-state index in [2.05, 4.69) is 4.98 Å². The molecule has 0 bridgehead atoms. The first-order valence-corrected chi connectivity index (χ1v) is 5.21. The van der Waals surface area contributed by atoms with Gasteiger partial charge in [-0.25, -0.2) is 4.98 Å². The van der Waals surface area contributed by atoms with Crippen molar-refractivity contribution in [2.75, 3.05) is 0 Å². The van der Waals surface area contributed by atoms with Crippen LogP contribution < -0.4 is 0 Å². The van der Waals surface area contributed by atoms with Crippen molar-refractivity contribution in [3.63, 3.8) is 0 Å². The lowest BCUT2D eigenvalue weighted by Gasteiger charge is -2.14. The lowest BCUT2D eigenvalue weighted by molar-refractivity contribution is -0.137. The van der Waals surface area contributed by atoms with E-state index in [4.69, 9.17) is 0 Å². The van der Waals surface area contributed by atoms with Gasteiger partial charge < -0.3 is 9.67 Å². The van der Waals surface area contributed by atoms with Crippen LogP contribution in [0.25, 0.3) is 0 Å². The smallest absolute Gasteiger partial charge is 0.382 e. The van der Waals surface area contributed by atoms with E-state index in [1.165, 1.54) is 24.7 Å². The molecule has 0 saturated heterocycles. The van der Waals surface area contributed by atoms with Gasteiger partial charge in [-0.05, 0) is 17.7 Å². The van der Waals surface area contributed by atoms with Gasteiger partial charge >= 0.3 is 6.18 Å². The molecule has 2 rings (SSSR count). The summed E-state index contributed by atoms with van der Waals surface area (Å²) < 4.78 is 39.2. The zero-order valence-electron chi connectivity index (χ0n) is 9.52. The number of hydrogen-bond acceptors (Lipinski definition) is 2. The van der Waals surface area contributed by atoms with Crippen LogP contribution >= 0.6 is 0 Å². The molecule has 0 radical (unpaired) electrons. The largest absolute Gasteiger partial charge is 0.416 e. The van der Waals surface area contributed by atoms with Gasteiger partial charge in [0.25, 0.3) is 0 Å². The molecule has 1 aromatic heterocycles.